The summed E-state index contributed by atoms with van der Waals surface area (Å²) in [7, 11) is 0. The van der Waals surface area contributed by atoms with E-state index in [9.17, 15) is 0 Å². The van der Waals surface area contributed by atoms with Crippen molar-refractivity contribution in [3.8, 4) is 11.5 Å². The van der Waals surface area contributed by atoms with Gasteiger partial charge in [0.2, 0.25) is 5.89 Å². The third-order valence-electron chi connectivity index (χ3n) is 2.71. The van der Waals surface area contributed by atoms with Crippen LogP contribution in [0.4, 0.5) is 0 Å². The van der Waals surface area contributed by atoms with Gasteiger partial charge in [-0.25, -0.2) is 4.98 Å². The van der Waals surface area contributed by atoms with E-state index in [4.69, 9.17) is 16.0 Å². The first-order valence-electron chi connectivity index (χ1n) is 5.36. The normalized spacial score (nSPS) is 10.9. The Morgan fingerprint density at radius 3 is 2.71 bits per heavy atom. The molecule has 1 aromatic heterocycles. The molecule has 0 aliphatic heterocycles. The van der Waals surface area contributed by atoms with E-state index in [1.165, 1.54) is 0 Å². The van der Waals surface area contributed by atoms with Gasteiger partial charge in [-0.2, -0.15) is 0 Å². The number of fused-ring (bicyclic) bond motifs is 1. The van der Waals surface area contributed by atoms with Crippen LogP contribution < -0.4 is 0 Å². The van der Waals surface area contributed by atoms with E-state index >= 15 is 0 Å². The number of para-hydroxylation sites is 2. The smallest absolute Gasteiger partial charge is 0.227 e. The van der Waals surface area contributed by atoms with E-state index < -0.39 is 0 Å². The Morgan fingerprint density at radius 2 is 1.94 bits per heavy atom. The van der Waals surface area contributed by atoms with Gasteiger partial charge in [0.15, 0.2) is 5.58 Å². The molecule has 0 aliphatic rings. The topological polar surface area (TPSA) is 26.0 Å². The lowest BCUT2D eigenvalue weighted by molar-refractivity contribution is 0.620. The summed E-state index contributed by atoms with van der Waals surface area (Å²) in [5.41, 5.74) is 3.60. The Labute approximate surface area is 104 Å². The van der Waals surface area contributed by atoms with E-state index in [0.29, 0.717) is 5.89 Å². The molecule has 0 amide bonds. The van der Waals surface area contributed by atoms with E-state index in [0.717, 1.165) is 27.2 Å². The summed E-state index contributed by atoms with van der Waals surface area (Å²) in [6.07, 6.45) is 0. The lowest BCUT2D eigenvalue weighted by Gasteiger charge is -1.99. The van der Waals surface area contributed by atoms with E-state index in [1.807, 2.05) is 49.4 Å². The van der Waals surface area contributed by atoms with Gasteiger partial charge >= 0.3 is 0 Å². The van der Waals surface area contributed by atoms with Gasteiger partial charge in [-0.15, -0.1) is 0 Å². The van der Waals surface area contributed by atoms with Crippen molar-refractivity contribution in [1.29, 1.82) is 0 Å². The molecule has 0 saturated carbocycles. The average Bonchev–Trinajstić information content (AvgIpc) is 2.76. The van der Waals surface area contributed by atoms with Crippen LogP contribution in [0.3, 0.4) is 0 Å². The molecular formula is C14H10ClNO. The Hall–Kier alpha value is -1.80. The van der Waals surface area contributed by atoms with Crippen molar-refractivity contribution in [2.45, 2.75) is 6.92 Å². The van der Waals surface area contributed by atoms with E-state index in [2.05, 4.69) is 4.98 Å². The van der Waals surface area contributed by atoms with E-state index in [1.54, 1.807) is 0 Å². The third kappa shape index (κ3) is 1.81. The summed E-state index contributed by atoms with van der Waals surface area (Å²) in [5.74, 6) is 0.605. The minimum Gasteiger partial charge on any atom is -0.436 e. The van der Waals surface area contributed by atoms with Crippen molar-refractivity contribution in [3.63, 3.8) is 0 Å². The van der Waals surface area contributed by atoms with Gasteiger partial charge in [0.1, 0.15) is 5.52 Å². The fourth-order valence-corrected chi connectivity index (χ4v) is 1.90. The molecule has 0 N–H and O–H groups in total. The molecule has 1 heterocycles. The number of hydrogen-bond donors (Lipinski definition) is 0. The van der Waals surface area contributed by atoms with E-state index in [-0.39, 0.29) is 0 Å². The summed E-state index contributed by atoms with van der Waals surface area (Å²) >= 11 is 6.09. The highest BCUT2D eigenvalue weighted by Gasteiger charge is 2.08. The quantitative estimate of drug-likeness (QED) is 0.631. The lowest BCUT2D eigenvalue weighted by atomic mass is 10.1. The fraction of sp³-hybridized carbons (Fsp3) is 0.0714. The molecule has 0 atom stereocenters. The Balaban J connectivity index is 2.17. The lowest BCUT2D eigenvalue weighted by Crippen LogP contribution is -1.80. The van der Waals surface area contributed by atoms with Crippen LogP contribution >= 0.6 is 11.6 Å². The second-order valence-corrected chi connectivity index (χ2v) is 4.36. The molecule has 0 spiro atoms. The number of aromatic nitrogens is 1. The molecule has 2 nitrogen and oxygen atoms in total. The SMILES string of the molecule is Cc1ccc(-c2nc3ccccc3o2)cc1Cl. The molecule has 2 aromatic carbocycles. The average molecular weight is 244 g/mol. The second kappa shape index (κ2) is 3.90. The van der Waals surface area contributed by atoms with Crippen molar-refractivity contribution in [3.05, 3.63) is 53.1 Å². The summed E-state index contributed by atoms with van der Waals surface area (Å²) in [6.45, 7) is 1.97. The van der Waals surface area contributed by atoms with Gasteiger partial charge < -0.3 is 4.42 Å². The number of hydrogen-bond acceptors (Lipinski definition) is 2. The number of oxazole rings is 1. The highest BCUT2D eigenvalue weighted by molar-refractivity contribution is 6.31. The third-order valence-corrected chi connectivity index (χ3v) is 3.12. The first-order chi connectivity index (χ1) is 8.24. The van der Waals surface area contributed by atoms with Crippen molar-refractivity contribution in [1.82, 2.24) is 4.98 Å². The molecule has 17 heavy (non-hydrogen) atoms. The molecule has 0 bridgehead atoms. The second-order valence-electron chi connectivity index (χ2n) is 3.95. The molecule has 3 rings (SSSR count). The van der Waals surface area contributed by atoms with Gasteiger partial charge in [0.25, 0.3) is 0 Å². The summed E-state index contributed by atoms with van der Waals surface area (Å²) in [6, 6.07) is 13.5. The zero-order valence-electron chi connectivity index (χ0n) is 9.27. The molecular weight excluding hydrogens is 234 g/mol. The minimum atomic E-state index is 0.605. The van der Waals surface area contributed by atoms with Crippen LogP contribution in [0.25, 0.3) is 22.6 Å². The summed E-state index contributed by atoms with van der Waals surface area (Å²) < 4.78 is 5.68. The van der Waals surface area contributed by atoms with Gasteiger partial charge in [-0.05, 0) is 36.8 Å². The zero-order chi connectivity index (χ0) is 11.8. The summed E-state index contributed by atoms with van der Waals surface area (Å²) in [4.78, 5) is 4.43. The standard InChI is InChI=1S/C14H10ClNO/c1-9-6-7-10(8-11(9)15)14-16-12-4-2-3-5-13(12)17-14/h2-8H,1H3. The predicted molar refractivity (Wildman–Crippen MR) is 69.2 cm³/mol. The fourth-order valence-electron chi connectivity index (χ4n) is 1.72. The van der Waals surface area contributed by atoms with Gasteiger partial charge in [-0.1, -0.05) is 29.8 Å². The first kappa shape index (κ1) is 10.4. The molecule has 0 unspecified atom stereocenters. The van der Waals surface area contributed by atoms with Crippen LogP contribution in [0.15, 0.2) is 46.9 Å². The van der Waals surface area contributed by atoms with Crippen LogP contribution in [-0.4, -0.2) is 4.98 Å². The van der Waals surface area contributed by atoms with Crippen LogP contribution in [0.1, 0.15) is 5.56 Å². The molecule has 0 fully saturated rings. The molecule has 0 aliphatic carbocycles. The zero-order valence-corrected chi connectivity index (χ0v) is 10.0. The van der Waals surface area contributed by atoms with Crippen molar-refractivity contribution in [2.75, 3.05) is 0 Å². The Morgan fingerprint density at radius 1 is 1.12 bits per heavy atom. The van der Waals surface area contributed by atoms with Crippen molar-refractivity contribution in [2.24, 2.45) is 0 Å². The largest absolute Gasteiger partial charge is 0.436 e. The molecule has 0 saturated heterocycles. The minimum absolute atomic E-state index is 0.605. The van der Waals surface area contributed by atoms with Crippen LogP contribution in [0.5, 0.6) is 0 Å². The number of aryl methyl sites for hydroxylation is 1. The van der Waals surface area contributed by atoms with Gasteiger partial charge in [-0.3, -0.25) is 0 Å². The van der Waals surface area contributed by atoms with Gasteiger partial charge in [0.05, 0.1) is 0 Å². The predicted octanol–water partition coefficient (Wildman–Crippen LogP) is 4.46. The van der Waals surface area contributed by atoms with Gasteiger partial charge in [0, 0.05) is 10.6 Å². The van der Waals surface area contributed by atoms with Crippen molar-refractivity contribution < 1.29 is 4.42 Å². The number of halogens is 1. The molecule has 0 radical (unpaired) electrons. The highest BCUT2D eigenvalue weighted by Crippen LogP contribution is 2.27. The number of benzene rings is 2. The summed E-state index contributed by atoms with van der Waals surface area (Å²) in [5, 5.41) is 0.727. The highest BCUT2D eigenvalue weighted by atomic mass is 35.5. The maximum Gasteiger partial charge on any atom is 0.227 e. The van der Waals surface area contributed by atoms with Crippen LogP contribution in [0.2, 0.25) is 5.02 Å². The van der Waals surface area contributed by atoms with Crippen molar-refractivity contribution >= 4 is 22.7 Å². The number of nitrogens with zero attached hydrogens (tertiary/aromatic N) is 1. The first-order valence-corrected chi connectivity index (χ1v) is 5.74. The maximum atomic E-state index is 6.09. The maximum absolute atomic E-state index is 6.09. The van der Waals surface area contributed by atoms with Crippen LogP contribution in [0, 0.1) is 6.92 Å². The number of rotatable bonds is 1. The molecule has 3 aromatic rings. The van der Waals surface area contributed by atoms with Crippen LogP contribution in [-0.2, 0) is 0 Å². The molecule has 3 heteroatoms. The molecule has 84 valence electrons. The monoisotopic (exact) mass is 243 g/mol. The Bertz CT molecular complexity index is 655. The Kier molecular flexibility index (Phi) is 2.37.